The second-order valence-electron chi connectivity index (χ2n) is 22.7. The molecule has 0 aliphatic heterocycles. The van der Waals surface area contributed by atoms with Crippen LogP contribution < -0.4 is 32.7 Å². The number of nitrogens with one attached hydrogen (secondary N) is 4. The second kappa shape index (κ2) is 26.6. The molecule has 2 aliphatic rings. The number of pyridine rings is 2. The fourth-order valence-corrected chi connectivity index (χ4v) is 10.4. The molecule has 0 spiro atoms. The lowest BCUT2D eigenvalue weighted by molar-refractivity contribution is -0.137. The number of hydrogen-bond acceptors (Lipinski definition) is 16. The largest absolute Gasteiger partial charge is 0.444 e. The van der Waals surface area contributed by atoms with E-state index in [1.807, 2.05) is 89.0 Å². The molecule has 6 aromatic heterocycles. The molecule has 85 heavy (non-hydrogen) atoms. The summed E-state index contributed by atoms with van der Waals surface area (Å²) in [4.78, 5) is 73.8. The molecule has 26 heteroatoms. The van der Waals surface area contributed by atoms with Crippen molar-refractivity contribution in [3.05, 3.63) is 129 Å². The van der Waals surface area contributed by atoms with E-state index in [1.54, 1.807) is 42.6 Å². The average molecular weight is 1280 g/mol. The molecular weight excluding hydrogens is 1210 g/mol. The minimum absolute atomic E-state index is 0.0424. The topological polar surface area (TPSA) is 300 Å². The van der Waals surface area contributed by atoms with E-state index in [-0.39, 0.29) is 42.0 Å². The maximum atomic E-state index is 12.8. The smallest absolute Gasteiger partial charge is 0.416 e. The zero-order chi connectivity index (χ0) is 61.4. The maximum absolute atomic E-state index is 12.8. The lowest BCUT2D eigenvalue weighted by Crippen LogP contribution is -2.41. The van der Waals surface area contributed by atoms with Crippen molar-refractivity contribution >= 4 is 91.9 Å². The number of ether oxygens (including phenoxy) is 2. The molecular formula is C59H68F3IN16O6. The zero-order valence-corrected chi connectivity index (χ0v) is 50.4. The van der Waals surface area contributed by atoms with Crippen molar-refractivity contribution in [2.75, 3.05) is 22.1 Å². The van der Waals surface area contributed by atoms with E-state index in [0.717, 1.165) is 101 Å². The summed E-state index contributed by atoms with van der Waals surface area (Å²) in [6.45, 7) is 15.0. The number of anilines is 4. The molecule has 0 radical (unpaired) electrons. The quantitative estimate of drug-likeness (QED) is 0.0732. The molecule has 2 aliphatic carbocycles. The molecule has 0 unspecified atom stereocenters. The van der Waals surface area contributed by atoms with Crippen LogP contribution in [-0.2, 0) is 15.7 Å². The van der Waals surface area contributed by atoms with E-state index in [9.17, 15) is 32.3 Å². The summed E-state index contributed by atoms with van der Waals surface area (Å²) in [5, 5.41) is 22.2. The fourth-order valence-electron chi connectivity index (χ4n) is 9.68. The van der Waals surface area contributed by atoms with Gasteiger partial charge in [-0.15, -0.1) is 0 Å². The highest BCUT2D eigenvalue weighted by atomic mass is 127. The van der Waals surface area contributed by atoms with Gasteiger partial charge in [0.1, 0.15) is 56.5 Å². The number of fused-ring (bicyclic) bond motifs is 2. The number of nitrogen functional groups attached to an aromatic ring is 2. The van der Waals surface area contributed by atoms with Gasteiger partial charge in [-0.2, -0.15) is 23.4 Å². The van der Waals surface area contributed by atoms with Crippen LogP contribution in [0.4, 0.5) is 46.0 Å². The predicted octanol–water partition coefficient (Wildman–Crippen LogP) is 11.7. The molecule has 448 valence electrons. The highest BCUT2D eigenvalue weighted by molar-refractivity contribution is 14.1. The first-order valence-corrected chi connectivity index (χ1v) is 28.6. The minimum Gasteiger partial charge on any atom is -0.444 e. The number of alkyl carbamates (subject to hydrolysis) is 2. The van der Waals surface area contributed by atoms with Crippen LogP contribution in [0.2, 0.25) is 0 Å². The third-order valence-corrected chi connectivity index (χ3v) is 14.5. The van der Waals surface area contributed by atoms with Crippen LogP contribution in [0.15, 0.2) is 97.8 Å². The first kappa shape index (κ1) is 62.5. The van der Waals surface area contributed by atoms with Gasteiger partial charge in [-0.3, -0.25) is 9.59 Å². The number of carbonyl (C=O) groups is 4. The highest BCUT2D eigenvalue weighted by Crippen LogP contribution is 2.37. The normalized spacial score (nSPS) is 17.1. The van der Waals surface area contributed by atoms with Gasteiger partial charge in [-0.1, -0.05) is 29.8 Å². The molecule has 0 bridgehead atoms. The lowest BCUT2D eigenvalue weighted by Gasteiger charge is -2.30. The Hall–Kier alpha value is -8.56. The van der Waals surface area contributed by atoms with Crippen LogP contribution in [-0.4, -0.2) is 96.8 Å². The third-order valence-electron chi connectivity index (χ3n) is 13.7. The first-order valence-electron chi connectivity index (χ1n) is 27.6. The molecule has 8 N–H and O–H groups in total. The number of alkyl halides is 3. The van der Waals surface area contributed by atoms with Crippen LogP contribution in [0, 0.1) is 17.5 Å². The number of aromatic nitrogens is 10. The van der Waals surface area contributed by atoms with Crippen molar-refractivity contribution in [3.63, 3.8) is 0 Å². The fraction of sp³-hybridized carbons (Fsp3) is 0.390. The van der Waals surface area contributed by atoms with Crippen LogP contribution in [0.1, 0.15) is 142 Å². The van der Waals surface area contributed by atoms with E-state index in [2.05, 4.69) is 78.9 Å². The van der Waals surface area contributed by atoms with Crippen LogP contribution >= 0.6 is 22.6 Å². The SMILES string of the molecule is CC(C)(C)OC(=O)NC1CCC(n2nc(I)c3c(N)ncnc32)CC1.Cc1ccc(C(=O)Nc2cc(C(F)(F)F)ccn2)cc1.Cc1ccnc(NC(=O)c2ccc(-c3nn(C4CCC(NC(=O)OC(C)(C)C)CC4)c4ncnc(N)c34)cc2)c1. The Morgan fingerprint density at radius 1 is 0.565 bits per heavy atom. The summed E-state index contributed by atoms with van der Waals surface area (Å²) >= 11 is 2.17. The van der Waals surface area contributed by atoms with Gasteiger partial charge in [-0.05, 0) is 183 Å². The van der Waals surface area contributed by atoms with E-state index < -0.39 is 34.9 Å². The molecule has 2 saturated carbocycles. The third kappa shape index (κ3) is 16.8. The van der Waals surface area contributed by atoms with Gasteiger partial charge in [0.15, 0.2) is 11.3 Å². The number of nitrogens with zero attached hydrogens (tertiary/aromatic N) is 10. The maximum Gasteiger partial charge on any atom is 0.416 e. The number of nitrogens with two attached hydrogens (primary N) is 2. The molecule has 0 atom stereocenters. The predicted molar refractivity (Wildman–Crippen MR) is 324 cm³/mol. The Morgan fingerprint density at radius 3 is 1.49 bits per heavy atom. The summed E-state index contributed by atoms with van der Waals surface area (Å²) in [6.07, 6.45) is 7.17. The first-order chi connectivity index (χ1) is 40.2. The van der Waals surface area contributed by atoms with E-state index in [0.29, 0.717) is 45.3 Å². The number of halogens is 4. The number of amides is 4. The Labute approximate surface area is 502 Å². The Kier molecular flexibility index (Phi) is 19.5. The molecule has 22 nitrogen and oxygen atoms in total. The Bertz CT molecular complexity index is 3660. The standard InChI is InChI=1S/C29H34N8O3.C16H23IN6O2.C14H11F3N2O/c1-17-13-14-31-22(15-17)35-27(38)19-7-5-18(6-8-19)24-23-25(30)32-16-33-26(23)37(36-24)21-11-9-20(10-12-21)34-28(39)40-29(2,3)4;1-16(2,3)25-15(24)21-9-4-6-10(7-5-9)23-14-11(12(17)22-23)13(18)19-8-20-14;1-9-2-4-10(5-3-9)13(20)19-12-8-11(6-7-18-12)14(15,16)17/h5-8,13-16,20-21H,9-12H2,1-4H3,(H,34,39)(H2,30,32,33)(H,31,35,38);8-10H,4-7H2,1-3H3,(H,21,24)(H2,18,19,20);2-8H,1H3,(H,18,19,20). The van der Waals surface area contributed by atoms with E-state index in [1.165, 1.54) is 12.7 Å². The van der Waals surface area contributed by atoms with Crippen LogP contribution in [0.25, 0.3) is 33.3 Å². The van der Waals surface area contributed by atoms with Crippen LogP contribution in [0.5, 0.6) is 0 Å². The van der Waals surface area contributed by atoms with Crippen molar-refractivity contribution in [2.45, 2.75) is 148 Å². The van der Waals surface area contributed by atoms with Crippen molar-refractivity contribution in [1.29, 1.82) is 0 Å². The molecule has 4 amide bonds. The van der Waals surface area contributed by atoms with Gasteiger partial charge < -0.3 is 42.2 Å². The number of aryl methyl sites for hydroxylation is 2. The number of carbonyl (C=O) groups excluding carboxylic acids is 4. The Morgan fingerprint density at radius 2 is 1.01 bits per heavy atom. The lowest BCUT2D eigenvalue weighted by atomic mass is 9.91. The second-order valence-corrected chi connectivity index (χ2v) is 23.8. The van der Waals surface area contributed by atoms with E-state index in [4.69, 9.17) is 26.0 Å². The van der Waals surface area contributed by atoms with Crippen molar-refractivity contribution in [2.24, 2.45) is 0 Å². The van der Waals surface area contributed by atoms with Gasteiger partial charge in [0.2, 0.25) is 0 Å². The summed E-state index contributed by atoms with van der Waals surface area (Å²) in [5.74, 6) is 0.418. The zero-order valence-electron chi connectivity index (χ0n) is 48.3. The van der Waals surface area contributed by atoms with Gasteiger partial charge in [0, 0.05) is 41.2 Å². The molecule has 6 heterocycles. The van der Waals surface area contributed by atoms with Crippen LogP contribution in [0.3, 0.4) is 0 Å². The molecule has 0 saturated heterocycles. The molecule has 2 fully saturated rings. The molecule has 10 rings (SSSR count). The van der Waals surface area contributed by atoms with Gasteiger partial charge in [0.25, 0.3) is 11.8 Å². The van der Waals surface area contributed by atoms with Crippen molar-refractivity contribution in [3.8, 4) is 11.3 Å². The number of benzene rings is 2. The van der Waals surface area contributed by atoms with Crippen molar-refractivity contribution in [1.82, 2.24) is 60.1 Å². The molecule has 8 aromatic rings. The van der Waals surface area contributed by atoms with Gasteiger partial charge in [-0.25, -0.2) is 48.9 Å². The minimum atomic E-state index is -4.47. The summed E-state index contributed by atoms with van der Waals surface area (Å²) in [7, 11) is 0. The monoisotopic (exact) mass is 1280 g/mol. The number of rotatable bonds is 9. The summed E-state index contributed by atoms with van der Waals surface area (Å²) in [6, 6.07) is 19.7. The summed E-state index contributed by atoms with van der Waals surface area (Å²) in [5.41, 5.74) is 16.1. The van der Waals surface area contributed by atoms with Gasteiger partial charge >= 0.3 is 18.4 Å². The average Bonchev–Trinajstić information content (AvgIpc) is 1.78. The van der Waals surface area contributed by atoms with Crippen molar-refractivity contribution < 1.29 is 41.8 Å². The van der Waals surface area contributed by atoms with Gasteiger partial charge in [0.05, 0.1) is 28.4 Å². The summed E-state index contributed by atoms with van der Waals surface area (Å²) < 4.78 is 53.0. The highest BCUT2D eigenvalue weighted by Gasteiger charge is 2.32. The van der Waals surface area contributed by atoms with E-state index >= 15 is 0 Å². The molecule has 2 aromatic carbocycles. The number of hydrogen-bond donors (Lipinski definition) is 6. The Balaban J connectivity index is 0.000000179.